The van der Waals surface area contributed by atoms with Gasteiger partial charge in [-0.05, 0) is 44.0 Å². The Hall–Kier alpha value is -1.06. The van der Waals surface area contributed by atoms with Crippen molar-refractivity contribution < 1.29 is 4.79 Å². The van der Waals surface area contributed by atoms with Crippen molar-refractivity contribution in [2.45, 2.75) is 19.3 Å². The Morgan fingerprint density at radius 3 is 3.00 bits per heavy atom. The van der Waals surface area contributed by atoms with Gasteiger partial charge in [-0.2, -0.15) is 0 Å². The van der Waals surface area contributed by atoms with Gasteiger partial charge >= 0.3 is 0 Å². The lowest BCUT2D eigenvalue weighted by Gasteiger charge is -2.33. The average molecular weight is 281 g/mol. The van der Waals surface area contributed by atoms with E-state index in [1.54, 1.807) is 0 Å². The molecule has 1 atom stereocenters. The molecule has 1 fully saturated rings. The van der Waals surface area contributed by atoms with Gasteiger partial charge in [0.15, 0.2) is 0 Å². The van der Waals surface area contributed by atoms with Crippen LogP contribution in [0.15, 0.2) is 24.3 Å². The lowest BCUT2D eigenvalue weighted by atomic mass is 9.97. The zero-order valence-corrected chi connectivity index (χ0v) is 12.1. The van der Waals surface area contributed by atoms with E-state index in [4.69, 9.17) is 11.6 Å². The van der Waals surface area contributed by atoms with E-state index in [0.29, 0.717) is 17.4 Å². The van der Waals surface area contributed by atoms with Crippen LogP contribution in [0.5, 0.6) is 0 Å². The molecule has 1 aliphatic heterocycles. The quantitative estimate of drug-likeness (QED) is 0.918. The van der Waals surface area contributed by atoms with Crippen molar-refractivity contribution in [1.82, 2.24) is 10.2 Å². The lowest BCUT2D eigenvalue weighted by Crippen LogP contribution is -2.43. The van der Waals surface area contributed by atoms with Crippen LogP contribution in [0.3, 0.4) is 0 Å². The van der Waals surface area contributed by atoms with Crippen molar-refractivity contribution in [3.8, 4) is 0 Å². The maximum atomic E-state index is 12.3. The number of amides is 1. The maximum absolute atomic E-state index is 12.3. The number of nitrogens with one attached hydrogen (secondary N) is 1. The van der Waals surface area contributed by atoms with Crippen LogP contribution in [0.1, 0.15) is 18.4 Å². The number of likely N-dealkylation sites (tertiary alicyclic amines) is 1. The summed E-state index contributed by atoms with van der Waals surface area (Å²) in [4.78, 5) is 14.3. The number of halogens is 1. The predicted molar refractivity (Wildman–Crippen MR) is 78.4 cm³/mol. The summed E-state index contributed by atoms with van der Waals surface area (Å²) in [7, 11) is 1.96. The summed E-state index contributed by atoms with van der Waals surface area (Å²) in [5.74, 6) is 0.767. The van der Waals surface area contributed by atoms with Crippen LogP contribution in [-0.2, 0) is 11.2 Å². The molecule has 1 aromatic carbocycles. The van der Waals surface area contributed by atoms with Gasteiger partial charge in [0.1, 0.15) is 0 Å². The molecule has 4 heteroatoms. The van der Waals surface area contributed by atoms with Gasteiger partial charge in [-0.25, -0.2) is 0 Å². The second-order valence-corrected chi connectivity index (χ2v) is 5.58. The van der Waals surface area contributed by atoms with Crippen LogP contribution < -0.4 is 5.32 Å². The third kappa shape index (κ3) is 3.95. The Morgan fingerprint density at radius 1 is 1.47 bits per heavy atom. The molecule has 0 saturated carbocycles. The summed E-state index contributed by atoms with van der Waals surface area (Å²) in [5, 5.41) is 3.88. The second kappa shape index (κ2) is 6.92. The van der Waals surface area contributed by atoms with Gasteiger partial charge in [0, 0.05) is 18.1 Å². The van der Waals surface area contributed by atoms with E-state index in [2.05, 4.69) is 5.32 Å². The van der Waals surface area contributed by atoms with Crippen LogP contribution in [0, 0.1) is 5.92 Å². The first kappa shape index (κ1) is 14.4. The molecular weight excluding hydrogens is 260 g/mol. The number of piperidine rings is 1. The van der Waals surface area contributed by atoms with Crippen molar-refractivity contribution in [2.24, 2.45) is 5.92 Å². The maximum Gasteiger partial charge on any atom is 0.227 e. The first-order valence-electron chi connectivity index (χ1n) is 6.86. The molecule has 1 unspecified atom stereocenters. The van der Waals surface area contributed by atoms with Gasteiger partial charge < -0.3 is 10.2 Å². The van der Waals surface area contributed by atoms with E-state index < -0.39 is 0 Å². The van der Waals surface area contributed by atoms with E-state index >= 15 is 0 Å². The van der Waals surface area contributed by atoms with Crippen molar-refractivity contribution in [2.75, 3.05) is 26.7 Å². The molecule has 104 valence electrons. The summed E-state index contributed by atoms with van der Waals surface area (Å²) in [6, 6.07) is 7.58. The van der Waals surface area contributed by atoms with Gasteiger partial charge in [0.05, 0.1) is 6.42 Å². The summed E-state index contributed by atoms with van der Waals surface area (Å²) in [5.41, 5.74) is 0.921. The van der Waals surface area contributed by atoms with Crippen molar-refractivity contribution >= 4 is 17.5 Å². The minimum Gasteiger partial charge on any atom is -0.342 e. The normalized spacial score (nSPS) is 19.5. The molecule has 0 bridgehead atoms. The molecule has 1 saturated heterocycles. The Labute approximate surface area is 119 Å². The predicted octanol–water partition coefficient (Wildman–Crippen LogP) is 2.34. The number of nitrogens with zero attached hydrogens (tertiary/aromatic N) is 1. The lowest BCUT2D eigenvalue weighted by molar-refractivity contribution is -0.132. The fourth-order valence-corrected chi connectivity index (χ4v) is 2.87. The molecule has 0 radical (unpaired) electrons. The highest BCUT2D eigenvalue weighted by atomic mass is 35.5. The zero-order valence-electron chi connectivity index (χ0n) is 11.4. The fraction of sp³-hybridized carbons (Fsp3) is 0.533. The van der Waals surface area contributed by atoms with Crippen LogP contribution in [0.25, 0.3) is 0 Å². The molecule has 0 spiro atoms. The molecule has 0 aliphatic carbocycles. The van der Waals surface area contributed by atoms with Gasteiger partial charge in [0.25, 0.3) is 0 Å². The van der Waals surface area contributed by atoms with Gasteiger partial charge in [0.2, 0.25) is 5.91 Å². The number of hydrogen-bond donors (Lipinski definition) is 1. The van der Waals surface area contributed by atoms with Crippen molar-refractivity contribution in [3.63, 3.8) is 0 Å². The topological polar surface area (TPSA) is 32.3 Å². The van der Waals surface area contributed by atoms with Crippen LogP contribution in [0.2, 0.25) is 5.02 Å². The number of carbonyl (C=O) groups excluding carboxylic acids is 1. The minimum absolute atomic E-state index is 0.189. The average Bonchev–Trinajstić information content (AvgIpc) is 2.42. The first-order valence-corrected chi connectivity index (χ1v) is 7.24. The van der Waals surface area contributed by atoms with E-state index in [0.717, 1.165) is 31.6 Å². The van der Waals surface area contributed by atoms with Crippen LogP contribution in [-0.4, -0.2) is 37.5 Å². The zero-order chi connectivity index (χ0) is 13.7. The Morgan fingerprint density at radius 2 is 2.26 bits per heavy atom. The molecule has 19 heavy (non-hydrogen) atoms. The summed E-state index contributed by atoms with van der Waals surface area (Å²) >= 11 is 6.10. The smallest absolute Gasteiger partial charge is 0.227 e. The largest absolute Gasteiger partial charge is 0.342 e. The molecule has 1 heterocycles. The Balaban J connectivity index is 1.94. The molecular formula is C15H21ClN2O. The summed E-state index contributed by atoms with van der Waals surface area (Å²) < 4.78 is 0. The third-order valence-corrected chi connectivity index (χ3v) is 4.03. The van der Waals surface area contributed by atoms with Gasteiger partial charge in [-0.3, -0.25) is 4.79 Å². The molecule has 1 amide bonds. The van der Waals surface area contributed by atoms with Gasteiger partial charge in [-0.1, -0.05) is 29.8 Å². The highest BCUT2D eigenvalue weighted by Gasteiger charge is 2.23. The number of hydrogen-bond acceptors (Lipinski definition) is 2. The SMILES string of the molecule is CNCC1CCCN(C(=O)Cc2ccccc2Cl)C1. The molecule has 1 N–H and O–H groups in total. The summed E-state index contributed by atoms with van der Waals surface area (Å²) in [6.07, 6.45) is 2.71. The van der Waals surface area contributed by atoms with E-state index in [-0.39, 0.29) is 5.91 Å². The summed E-state index contributed by atoms with van der Waals surface area (Å²) in [6.45, 7) is 2.73. The Kier molecular flexibility index (Phi) is 5.23. The fourth-order valence-electron chi connectivity index (χ4n) is 2.66. The molecule has 3 nitrogen and oxygen atoms in total. The van der Waals surface area contributed by atoms with Gasteiger partial charge in [-0.15, -0.1) is 0 Å². The van der Waals surface area contributed by atoms with Crippen molar-refractivity contribution in [1.29, 1.82) is 0 Å². The number of carbonyl (C=O) groups is 1. The number of rotatable bonds is 4. The van der Waals surface area contributed by atoms with Crippen LogP contribution >= 0.6 is 11.6 Å². The molecule has 1 aliphatic rings. The van der Waals surface area contributed by atoms with E-state index in [1.165, 1.54) is 6.42 Å². The number of benzene rings is 1. The molecule has 2 rings (SSSR count). The molecule has 0 aromatic heterocycles. The third-order valence-electron chi connectivity index (χ3n) is 3.66. The second-order valence-electron chi connectivity index (χ2n) is 5.17. The monoisotopic (exact) mass is 280 g/mol. The van der Waals surface area contributed by atoms with E-state index in [1.807, 2.05) is 36.2 Å². The van der Waals surface area contributed by atoms with Crippen LogP contribution in [0.4, 0.5) is 0 Å². The highest BCUT2D eigenvalue weighted by Crippen LogP contribution is 2.19. The highest BCUT2D eigenvalue weighted by molar-refractivity contribution is 6.31. The van der Waals surface area contributed by atoms with E-state index in [9.17, 15) is 4.79 Å². The molecule has 1 aromatic rings. The Bertz CT molecular complexity index is 434. The standard InChI is InChI=1S/C15H21ClN2O/c1-17-10-12-5-4-8-18(11-12)15(19)9-13-6-2-3-7-14(13)16/h2-3,6-7,12,17H,4-5,8-11H2,1H3. The first-order chi connectivity index (χ1) is 9.20. The van der Waals surface area contributed by atoms with Crippen molar-refractivity contribution in [3.05, 3.63) is 34.9 Å². The minimum atomic E-state index is 0.189.